The molecule has 19 heavy (non-hydrogen) atoms. The topological polar surface area (TPSA) is 110 Å². The van der Waals surface area contributed by atoms with Gasteiger partial charge in [0.2, 0.25) is 5.82 Å². The summed E-state index contributed by atoms with van der Waals surface area (Å²) in [4.78, 5) is 21.2. The highest BCUT2D eigenvalue weighted by Crippen LogP contribution is 2.31. The van der Waals surface area contributed by atoms with Crippen LogP contribution in [0.3, 0.4) is 0 Å². The van der Waals surface area contributed by atoms with Crippen LogP contribution in [0.1, 0.15) is 38.9 Å². The highest BCUT2D eigenvalue weighted by molar-refractivity contribution is 5.69. The Balaban J connectivity index is 3.15. The number of nitrogens with zero attached hydrogens (tertiary/aromatic N) is 3. The fourth-order valence-corrected chi connectivity index (χ4v) is 1.81. The number of carbonyl (C=O) groups is 1. The van der Waals surface area contributed by atoms with E-state index in [1.807, 2.05) is 13.8 Å². The second-order valence-electron chi connectivity index (χ2n) is 4.72. The summed E-state index contributed by atoms with van der Waals surface area (Å²) in [7, 11) is 0. The van der Waals surface area contributed by atoms with E-state index in [-0.39, 0.29) is 24.0 Å². The summed E-state index contributed by atoms with van der Waals surface area (Å²) in [5.74, 6) is -0.707. The molecule has 0 saturated heterocycles. The molecule has 1 heterocycles. The quantitative estimate of drug-likeness (QED) is 0.603. The lowest BCUT2D eigenvalue weighted by Gasteiger charge is -2.15. The number of aromatic nitrogens is 2. The van der Waals surface area contributed by atoms with E-state index < -0.39 is 16.9 Å². The van der Waals surface area contributed by atoms with Gasteiger partial charge < -0.3 is 10.4 Å². The zero-order chi connectivity index (χ0) is 14.7. The number of nitro groups is 1. The Labute approximate surface area is 110 Å². The third-order valence-electron chi connectivity index (χ3n) is 2.59. The van der Waals surface area contributed by atoms with Crippen molar-refractivity contribution in [2.75, 3.05) is 5.32 Å². The first-order valence-electron chi connectivity index (χ1n) is 5.95. The summed E-state index contributed by atoms with van der Waals surface area (Å²) in [6.45, 7) is 6.92. The maximum Gasteiger partial charge on any atom is 0.333 e. The number of carboxylic acids is 1. The van der Waals surface area contributed by atoms with Crippen molar-refractivity contribution < 1.29 is 14.8 Å². The van der Waals surface area contributed by atoms with Gasteiger partial charge in [0.05, 0.1) is 11.3 Å². The molecule has 1 rings (SSSR count). The van der Waals surface area contributed by atoms with Crippen LogP contribution in [0.15, 0.2) is 0 Å². The molecule has 8 nitrogen and oxygen atoms in total. The van der Waals surface area contributed by atoms with Crippen LogP contribution in [-0.2, 0) is 4.79 Å². The largest absolute Gasteiger partial charge is 0.481 e. The lowest BCUT2D eigenvalue weighted by atomic mass is 10.2. The van der Waals surface area contributed by atoms with Crippen LogP contribution in [0.25, 0.3) is 0 Å². The van der Waals surface area contributed by atoms with Crippen LogP contribution in [0.4, 0.5) is 11.5 Å². The predicted molar refractivity (Wildman–Crippen MR) is 69.3 cm³/mol. The molecule has 0 fully saturated rings. The van der Waals surface area contributed by atoms with Crippen molar-refractivity contribution in [1.29, 1.82) is 0 Å². The number of carboxylic acid groups (broad SMARTS) is 1. The smallest absolute Gasteiger partial charge is 0.333 e. The normalized spacial score (nSPS) is 12.5. The lowest BCUT2D eigenvalue weighted by molar-refractivity contribution is -0.384. The van der Waals surface area contributed by atoms with Gasteiger partial charge in [-0.05, 0) is 27.7 Å². The molecule has 8 heteroatoms. The maximum atomic E-state index is 11.1. The van der Waals surface area contributed by atoms with Gasteiger partial charge in [0, 0.05) is 12.1 Å². The van der Waals surface area contributed by atoms with Crippen molar-refractivity contribution in [2.45, 2.75) is 46.2 Å². The highest BCUT2D eigenvalue weighted by atomic mass is 16.6. The van der Waals surface area contributed by atoms with Crippen molar-refractivity contribution >= 4 is 17.5 Å². The van der Waals surface area contributed by atoms with E-state index in [9.17, 15) is 14.9 Å². The number of hydrogen-bond acceptors (Lipinski definition) is 5. The molecule has 0 amide bonds. The van der Waals surface area contributed by atoms with E-state index in [0.717, 1.165) is 0 Å². The van der Waals surface area contributed by atoms with Crippen molar-refractivity contribution in [1.82, 2.24) is 9.78 Å². The second-order valence-corrected chi connectivity index (χ2v) is 4.72. The van der Waals surface area contributed by atoms with E-state index >= 15 is 0 Å². The van der Waals surface area contributed by atoms with Gasteiger partial charge in [-0.2, -0.15) is 5.10 Å². The van der Waals surface area contributed by atoms with E-state index in [0.29, 0.717) is 5.69 Å². The summed E-state index contributed by atoms with van der Waals surface area (Å²) in [5.41, 5.74) is 0.203. The van der Waals surface area contributed by atoms with Crippen molar-refractivity contribution in [2.24, 2.45) is 0 Å². The first-order valence-corrected chi connectivity index (χ1v) is 5.95. The fraction of sp³-hybridized carbons (Fsp3) is 0.636. The third kappa shape index (κ3) is 3.43. The monoisotopic (exact) mass is 270 g/mol. The predicted octanol–water partition coefficient (Wildman–Crippen LogP) is 1.96. The number of aliphatic carboxylic acids is 1. The molecule has 0 aliphatic heterocycles. The number of nitrogens with one attached hydrogen (secondary N) is 1. The van der Waals surface area contributed by atoms with Gasteiger partial charge in [0.15, 0.2) is 0 Å². The molecule has 1 atom stereocenters. The van der Waals surface area contributed by atoms with Crippen LogP contribution in [0.2, 0.25) is 0 Å². The molecular formula is C11H18N4O4. The lowest BCUT2D eigenvalue weighted by Crippen LogP contribution is -2.22. The molecular weight excluding hydrogens is 252 g/mol. The van der Waals surface area contributed by atoms with Crippen LogP contribution in [0, 0.1) is 17.0 Å². The first kappa shape index (κ1) is 14.9. The van der Waals surface area contributed by atoms with Crippen LogP contribution in [0.5, 0.6) is 0 Å². The maximum absolute atomic E-state index is 11.1. The van der Waals surface area contributed by atoms with Gasteiger partial charge in [0.1, 0.15) is 5.69 Å². The second kappa shape index (κ2) is 5.68. The van der Waals surface area contributed by atoms with Gasteiger partial charge in [0.25, 0.3) is 0 Å². The molecule has 1 unspecified atom stereocenters. The van der Waals surface area contributed by atoms with E-state index in [4.69, 9.17) is 5.11 Å². The summed E-state index contributed by atoms with van der Waals surface area (Å²) >= 11 is 0. The Morgan fingerprint density at radius 1 is 1.53 bits per heavy atom. The van der Waals surface area contributed by atoms with E-state index in [1.165, 1.54) is 4.68 Å². The third-order valence-corrected chi connectivity index (χ3v) is 2.59. The molecule has 106 valence electrons. The molecule has 0 bridgehead atoms. The zero-order valence-electron chi connectivity index (χ0n) is 11.4. The Bertz CT molecular complexity index is 495. The molecule has 1 aromatic rings. The molecule has 0 aromatic carbocycles. The Hall–Kier alpha value is -2.12. The van der Waals surface area contributed by atoms with Crippen LogP contribution >= 0.6 is 0 Å². The van der Waals surface area contributed by atoms with Crippen LogP contribution in [-0.4, -0.2) is 31.8 Å². The van der Waals surface area contributed by atoms with E-state index in [1.54, 1.807) is 13.8 Å². The molecule has 0 radical (unpaired) electrons. The molecule has 0 aliphatic rings. The van der Waals surface area contributed by atoms with Crippen molar-refractivity contribution in [3.05, 3.63) is 15.8 Å². The summed E-state index contributed by atoms with van der Waals surface area (Å²) in [5, 5.41) is 26.8. The highest BCUT2D eigenvalue weighted by Gasteiger charge is 2.27. The van der Waals surface area contributed by atoms with Gasteiger partial charge in [-0.1, -0.05) is 0 Å². The van der Waals surface area contributed by atoms with Crippen molar-refractivity contribution in [3.8, 4) is 0 Å². The van der Waals surface area contributed by atoms with Gasteiger partial charge in [-0.25, -0.2) is 4.68 Å². The van der Waals surface area contributed by atoms with Crippen LogP contribution < -0.4 is 5.32 Å². The number of anilines is 1. The Kier molecular flexibility index (Phi) is 4.47. The van der Waals surface area contributed by atoms with Gasteiger partial charge in [-0.15, -0.1) is 0 Å². The SMILES string of the molecule is Cc1nn(C(C)C)c(NC(C)CC(=O)O)c1[N+](=O)[O-]. The number of rotatable bonds is 6. The molecule has 2 N–H and O–H groups in total. The average Bonchev–Trinajstić information content (AvgIpc) is 2.53. The first-order chi connectivity index (χ1) is 8.73. The molecule has 1 aromatic heterocycles. The Morgan fingerprint density at radius 2 is 2.11 bits per heavy atom. The number of aryl methyl sites for hydroxylation is 1. The minimum absolute atomic E-state index is 0.0630. The summed E-state index contributed by atoms with van der Waals surface area (Å²) < 4.78 is 1.51. The molecule has 0 aliphatic carbocycles. The minimum Gasteiger partial charge on any atom is -0.481 e. The summed E-state index contributed by atoms with van der Waals surface area (Å²) in [6, 6.07) is -0.489. The molecule has 0 saturated carbocycles. The van der Waals surface area contributed by atoms with Gasteiger partial charge in [-0.3, -0.25) is 14.9 Å². The average molecular weight is 270 g/mol. The fourth-order valence-electron chi connectivity index (χ4n) is 1.81. The standard InChI is InChI=1S/C11H18N4O4/c1-6(2)14-11(12-7(3)5-9(16)17)10(15(18)19)8(4)13-14/h6-7,12H,5H2,1-4H3,(H,16,17). The molecule has 0 spiro atoms. The van der Waals surface area contributed by atoms with Gasteiger partial charge >= 0.3 is 11.7 Å². The summed E-state index contributed by atoms with van der Waals surface area (Å²) in [6.07, 6.45) is -0.126. The van der Waals surface area contributed by atoms with E-state index in [2.05, 4.69) is 10.4 Å². The van der Waals surface area contributed by atoms with Crippen molar-refractivity contribution in [3.63, 3.8) is 0 Å². The zero-order valence-corrected chi connectivity index (χ0v) is 11.4. The minimum atomic E-state index is -0.963. The number of hydrogen-bond donors (Lipinski definition) is 2. The Morgan fingerprint density at radius 3 is 2.53 bits per heavy atom.